The van der Waals surface area contributed by atoms with Crippen molar-refractivity contribution in [1.29, 1.82) is 5.41 Å². The molecule has 1 aromatic rings. The van der Waals surface area contributed by atoms with Crippen LogP contribution in [0.1, 0.15) is 24.5 Å². The summed E-state index contributed by atoms with van der Waals surface area (Å²) in [6.45, 7) is 3.52. The van der Waals surface area contributed by atoms with Gasteiger partial charge in [-0.1, -0.05) is 6.92 Å². The molecule has 1 aromatic carbocycles. The third-order valence-electron chi connectivity index (χ3n) is 3.63. The van der Waals surface area contributed by atoms with Crippen molar-refractivity contribution < 1.29 is 17.9 Å². The van der Waals surface area contributed by atoms with Crippen molar-refractivity contribution in [2.45, 2.75) is 25.6 Å². The molecule has 1 heterocycles. The molecule has 1 fully saturated rings. The smallest absolute Gasteiger partial charge is 0.384 e. The zero-order valence-electron chi connectivity index (χ0n) is 11.7. The summed E-state index contributed by atoms with van der Waals surface area (Å²) in [5.41, 5.74) is 4.58. The van der Waals surface area contributed by atoms with Crippen molar-refractivity contribution in [2.24, 2.45) is 5.73 Å². The van der Waals surface area contributed by atoms with Gasteiger partial charge in [-0.2, -0.15) is 13.2 Å². The lowest BCUT2D eigenvalue weighted by atomic mass is 10.0. The zero-order valence-corrected chi connectivity index (χ0v) is 11.7. The first-order valence-electron chi connectivity index (χ1n) is 6.74. The van der Waals surface area contributed by atoms with Crippen LogP contribution in [0.25, 0.3) is 0 Å². The molecule has 0 aliphatic carbocycles. The monoisotopic (exact) mass is 301 g/mol. The van der Waals surface area contributed by atoms with Gasteiger partial charge in [0, 0.05) is 17.8 Å². The fraction of sp³-hybridized carbons (Fsp3) is 0.500. The Labute approximate surface area is 121 Å². The van der Waals surface area contributed by atoms with Crippen LogP contribution in [-0.2, 0) is 10.9 Å². The molecule has 0 bridgehead atoms. The van der Waals surface area contributed by atoms with Gasteiger partial charge in [0.2, 0.25) is 0 Å². The Hall–Kier alpha value is -1.76. The van der Waals surface area contributed by atoms with Crippen LogP contribution >= 0.6 is 0 Å². The number of nitrogens with two attached hydrogens (primary N) is 1. The highest BCUT2D eigenvalue weighted by Crippen LogP contribution is 2.35. The van der Waals surface area contributed by atoms with Crippen LogP contribution < -0.4 is 10.6 Å². The number of alkyl halides is 3. The van der Waals surface area contributed by atoms with E-state index in [-0.39, 0.29) is 11.6 Å². The minimum Gasteiger partial charge on any atom is -0.384 e. The molecular formula is C14H18F3N3O. The maximum atomic E-state index is 13.1. The summed E-state index contributed by atoms with van der Waals surface area (Å²) >= 11 is 0. The fourth-order valence-electron chi connectivity index (χ4n) is 2.51. The number of anilines is 1. The number of hydrogen-bond acceptors (Lipinski definition) is 3. The SMILES string of the molecule is CCC1COCCN1c1ccc(C(=N)N)c(C(F)(F)F)c1. The van der Waals surface area contributed by atoms with Gasteiger partial charge in [-0.15, -0.1) is 0 Å². The summed E-state index contributed by atoms with van der Waals surface area (Å²) in [6.07, 6.45) is -3.75. The summed E-state index contributed by atoms with van der Waals surface area (Å²) in [5.74, 6) is -0.581. The number of amidine groups is 1. The van der Waals surface area contributed by atoms with E-state index in [1.807, 2.05) is 11.8 Å². The molecular weight excluding hydrogens is 283 g/mol. The van der Waals surface area contributed by atoms with Crippen molar-refractivity contribution in [1.82, 2.24) is 0 Å². The number of hydrogen-bond donors (Lipinski definition) is 2. The lowest BCUT2D eigenvalue weighted by Crippen LogP contribution is -2.45. The van der Waals surface area contributed by atoms with E-state index in [2.05, 4.69) is 0 Å². The fourth-order valence-corrected chi connectivity index (χ4v) is 2.51. The number of nitrogen functional groups attached to an aromatic ring is 1. The molecule has 4 nitrogen and oxygen atoms in total. The minimum absolute atomic E-state index is 0.0583. The van der Waals surface area contributed by atoms with Crippen LogP contribution in [0.5, 0.6) is 0 Å². The van der Waals surface area contributed by atoms with Gasteiger partial charge in [0.05, 0.1) is 24.8 Å². The van der Waals surface area contributed by atoms with Crippen LogP contribution in [0.2, 0.25) is 0 Å². The molecule has 1 unspecified atom stereocenters. The average Bonchev–Trinajstić information content (AvgIpc) is 2.45. The van der Waals surface area contributed by atoms with Crippen molar-refractivity contribution >= 4 is 11.5 Å². The van der Waals surface area contributed by atoms with Gasteiger partial charge in [0.15, 0.2) is 0 Å². The van der Waals surface area contributed by atoms with Gasteiger partial charge >= 0.3 is 6.18 Å². The number of nitrogens with zero attached hydrogens (tertiary/aromatic N) is 1. The lowest BCUT2D eigenvalue weighted by molar-refractivity contribution is -0.137. The van der Waals surface area contributed by atoms with E-state index in [9.17, 15) is 13.2 Å². The van der Waals surface area contributed by atoms with E-state index in [0.717, 1.165) is 12.5 Å². The van der Waals surface area contributed by atoms with E-state index in [1.54, 1.807) is 6.07 Å². The molecule has 21 heavy (non-hydrogen) atoms. The van der Waals surface area contributed by atoms with Gasteiger partial charge < -0.3 is 15.4 Å². The third-order valence-corrected chi connectivity index (χ3v) is 3.63. The number of morpholine rings is 1. The van der Waals surface area contributed by atoms with Crippen LogP contribution in [-0.4, -0.2) is 31.6 Å². The van der Waals surface area contributed by atoms with Crippen molar-refractivity contribution in [3.8, 4) is 0 Å². The normalized spacial score (nSPS) is 19.6. The van der Waals surface area contributed by atoms with Gasteiger partial charge in [0.25, 0.3) is 0 Å². The van der Waals surface area contributed by atoms with Crippen LogP contribution in [0.15, 0.2) is 18.2 Å². The number of nitrogens with one attached hydrogen (secondary N) is 1. The number of halogens is 3. The molecule has 1 aliphatic heterocycles. The maximum Gasteiger partial charge on any atom is 0.417 e. The molecule has 0 amide bonds. The summed E-state index contributed by atoms with van der Waals surface area (Å²) in [4.78, 5) is 1.92. The molecule has 0 aromatic heterocycles. The Morgan fingerprint density at radius 3 is 2.76 bits per heavy atom. The Bertz CT molecular complexity index is 531. The molecule has 2 rings (SSSR count). The summed E-state index contributed by atoms with van der Waals surface area (Å²) < 4.78 is 44.8. The predicted octanol–water partition coefficient (Wildman–Crippen LogP) is 2.60. The standard InChI is InChI=1S/C14H18F3N3O/c1-2-9-8-21-6-5-20(9)10-3-4-11(13(18)19)12(7-10)14(15,16)17/h3-4,7,9H,2,5-6,8H2,1H3,(H3,18,19). The van der Waals surface area contributed by atoms with Gasteiger partial charge in [-0.05, 0) is 24.6 Å². The highest BCUT2D eigenvalue weighted by Gasteiger charge is 2.35. The van der Waals surface area contributed by atoms with Crippen LogP contribution in [0.3, 0.4) is 0 Å². The second-order valence-electron chi connectivity index (χ2n) is 4.97. The second kappa shape index (κ2) is 5.93. The van der Waals surface area contributed by atoms with Gasteiger partial charge in [0.1, 0.15) is 5.84 Å². The first-order valence-corrected chi connectivity index (χ1v) is 6.74. The van der Waals surface area contributed by atoms with Crippen molar-refractivity contribution in [2.75, 3.05) is 24.7 Å². The van der Waals surface area contributed by atoms with Crippen molar-refractivity contribution in [3.05, 3.63) is 29.3 Å². The Kier molecular flexibility index (Phi) is 4.41. The minimum atomic E-state index is -4.54. The quantitative estimate of drug-likeness (QED) is 0.666. The van der Waals surface area contributed by atoms with E-state index in [4.69, 9.17) is 15.9 Å². The van der Waals surface area contributed by atoms with Gasteiger partial charge in [-0.3, -0.25) is 5.41 Å². The molecule has 1 saturated heterocycles. The molecule has 1 atom stereocenters. The molecule has 0 saturated carbocycles. The van der Waals surface area contributed by atoms with E-state index in [1.165, 1.54) is 6.07 Å². The number of rotatable bonds is 3. The molecule has 0 radical (unpaired) electrons. The van der Waals surface area contributed by atoms with Crippen LogP contribution in [0.4, 0.5) is 18.9 Å². The maximum absolute atomic E-state index is 13.1. The third kappa shape index (κ3) is 3.29. The Balaban J connectivity index is 2.44. The number of ether oxygens (including phenoxy) is 1. The Morgan fingerprint density at radius 1 is 1.48 bits per heavy atom. The molecule has 116 valence electrons. The van der Waals surface area contributed by atoms with E-state index < -0.39 is 17.6 Å². The highest BCUT2D eigenvalue weighted by molar-refractivity contribution is 5.97. The van der Waals surface area contributed by atoms with E-state index in [0.29, 0.717) is 25.4 Å². The second-order valence-corrected chi connectivity index (χ2v) is 4.97. The summed E-state index contributed by atoms with van der Waals surface area (Å²) in [6, 6.07) is 3.98. The molecule has 1 aliphatic rings. The summed E-state index contributed by atoms with van der Waals surface area (Å²) in [7, 11) is 0. The molecule has 0 spiro atoms. The molecule has 3 N–H and O–H groups in total. The highest BCUT2D eigenvalue weighted by atomic mass is 19.4. The predicted molar refractivity (Wildman–Crippen MR) is 74.7 cm³/mol. The first kappa shape index (κ1) is 15.6. The zero-order chi connectivity index (χ0) is 15.6. The first-order chi connectivity index (χ1) is 9.84. The van der Waals surface area contributed by atoms with E-state index >= 15 is 0 Å². The topological polar surface area (TPSA) is 62.3 Å². The summed E-state index contributed by atoms with van der Waals surface area (Å²) in [5, 5.41) is 7.29. The lowest BCUT2D eigenvalue weighted by Gasteiger charge is -2.37. The van der Waals surface area contributed by atoms with Gasteiger partial charge in [-0.25, -0.2) is 0 Å². The van der Waals surface area contributed by atoms with Crippen LogP contribution in [0, 0.1) is 5.41 Å². The average molecular weight is 301 g/mol. The largest absolute Gasteiger partial charge is 0.417 e. The number of benzene rings is 1. The Morgan fingerprint density at radius 2 is 2.19 bits per heavy atom. The molecule has 7 heteroatoms. The van der Waals surface area contributed by atoms with Crippen molar-refractivity contribution in [3.63, 3.8) is 0 Å².